The highest BCUT2D eigenvalue weighted by atomic mass is 32.2. The molecular weight excluding hydrogens is 361 g/mol. The highest BCUT2D eigenvalue weighted by molar-refractivity contribution is 8.13. The van der Waals surface area contributed by atoms with Crippen molar-refractivity contribution in [2.75, 3.05) is 0 Å². The summed E-state index contributed by atoms with van der Waals surface area (Å²) in [6, 6.07) is 13.9. The number of amides is 1. The number of carbonyl (C=O) groups is 1. The lowest BCUT2D eigenvalue weighted by Gasteiger charge is -2.33. The Bertz CT molecular complexity index is 939. The van der Waals surface area contributed by atoms with Crippen LogP contribution in [0.5, 0.6) is 0 Å². The molecule has 1 amide bonds. The van der Waals surface area contributed by atoms with Gasteiger partial charge in [0.2, 0.25) is 0 Å². The van der Waals surface area contributed by atoms with E-state index in [1.807, 2.05) is 29.2 Å². The Morgan fingerprint density at radius 1 is 1.15 bits per heavy atom. The minimum absolute atomic E-state index is 0.105. The van der Waals surface area contributed by atoms with Gasteiger partial charge >= 0.3 is 0 Å². The fourth-order valence-corrected chi connectivity index (χ4v) is 4.32. The molecule has 0 N–H and O–H groups in total. The van der Waals surface area contributed by atoms with Gasteiger partial charge in [0.15, 0.2) is 5.17 Å². The maximum absolute atomic E-state index is 13.2. The Morgan fingerprint density at radius 3 is 2.63 bits per heavy atom. The largest absolute Gasteiger partial charge is 0.292 e. The van der Waals surface area contributed by atoms with Crippen molar-refractivity contribution < 1.29 is 9.18 Å². The van der Waals surface area contributed by atoms with E-state index in [4.69, 9.17) is 4.99 Å². The third kappa shape index (κ3) is 3.30. The molecule has 2 unspecified atom stereocenters. The number of nitrogens with zero attached hydrogens (tertiary/aromatic N) is 3. The van der Waals surface area contributed by atoms with Crippen molar-refractivity contribution in [3.8, 4) is 0 Å². The van der Waals surface area contributed by atoms with Gasteiger partial charge in [0, 0.05) is 11.3 Å². The number of amidine groups is 2. The Morgan fingerprint density at radius 2 is 1.89 bits per heavy atom. The number of rotatable bonds is 4. The van der Waals surface area contributed by atoms with Gasteiger partial charge in [-0.25, -0.2) is 9.38 Å². The van der Waals surface area contributed by atoms with Crippen molar-refractivity contribution in [1.82, 2.24) is 4.90 Å². The van der Waals surface area contributed by atoms with Crippen LogP contribution in [0.2, 0.25) is 0 Å². The van der Waals surface area contributed by atoms with E-state index in [1.165, 1.54) is 12.1 Å². The molecule has 2 aromatic carbocycles. The van der Waals surface area contributed by atoms with E-state index in [0.717, 1.165) is 28.4 Å². The van der Waals surface area contributed by atoms with Crippen molar-refractivity contribution in [3.05, 3.63) is 65.5 Å². The van der Waals surface area contributed by atoms with Crippen molar-refractivity contribution >= 4 is 34.4 Å². The van der Waals surface area contributed by atoms with Gasteiger partial charge in [-0.05, 0) is 35.7 Å². The SMILES string of the molecule is CCC(C)C1C(=O)N=C2c3ccccc3N=C(SCc3ccc(F)cc3)N21. The molecule has 2 aliphatic heterocycles. The first-order valence-corrected chi connectivity index (χ1v) is 10.0. The van der Waals surface area contributed by atoms with Crippen LogP contribution in [0.1, 0.15) is 31.4 Å². The second-order valence-electron chi connectivity index (χ2n) is 6.80. The van der Waals surface area contributed by atoms with E-state index in [9.17, 15) is 9.18 Å². The van der Waals surface area contributed by atoms with Crippen molar-refractivity contribution in [1.29, 1.82) is 0 Å². The number of benzene rings is 2. The van der Waals surface area contributed by atoms with E-state index in [0.29, 0.717) is 11.6 Å². The van der Waals surface area contributed by atoms with Crippen LogP contribution in [0.25, 0.3) is 0 Å². The molecule has 0 aliphatic carbocycles. The fourth-order valence-electron chi connectivity index (χ4n) is 3.33. The van der Waals surface area contributed by atoms with Crippen LogP contribution in [0.3, 0.4) is 0 Å². The Labute approximate surface area is 162 Å². The number of halogens is 1. The number of thioether (sulfide) groups is 1. The zero-order chi connectivity index (χ0) is 19.0. The normalized spacial score (nSPS) is 19.3. The Balaban J connectivity index is 1.69. The minimum atomic E-state index is -0.321. The number of carbonyl (C=O) groups excluding carboxylic acids is 1. The summed E-state index contributed by atoms with van der Waals surface area (Å²) in [6.45, 7) is 4.15. The van der Waals surface area contributed by atoms with Gasteiger partial charge < -0.3 is 0 Å². The summed E-state index contributed by atoms with van der Waals surface area (Å²) >= 11 is 1.55. The second-order valence-corrected chi connectivity index (χ2v) is 7.74. The van der Waals surface area contributed by atoms with Crippen LogP contribution in [0, 0.1) is 11.7 Å². The zero-order valence-corrected chi connectivity index (χ0v) is 16.0. The number of hydrogen-bond acceptors (Lipinski definition) is 4. The number of aliphatic imine (C=N–C) groups is 2. The topological polar surface area (TPSA) is 45.0 Å². The smallest absolute Gasteiger partial charge is 0.271 e. The first kappa shape index (κ1) is 17.9. The van der Waals surface area contributed by atoms with E-state index in [-0.39, 0.29) is 23.7 Å². The molecule has 2 aliphatic rings. The molecule has 0 fully saturated rings. The van der Waals surface area contributed by atoms with Gasteiger partial charge in [0.05, 0.1) is 5.69 Å². The Kier molecular flexibility index (Phi) is 4.83. The van der Waals surface area contributed by atoms with Gasteiger partial charge in [-0.2, -0.15) is 4.99 Å². The van der Waals surface area contributed by atoms with Gasteiger partial charge in [0.1, 0.15) is 17.7 Å². The maximum Gasteiger partial charge on any atom is 0.271 e. The second kappa shape index (κ2) is 7.27. The summed E-state index contributed by atoms with van der Waals surface area (Å²) < 4.78 is 13.2. The molecule has 0 bridgehead atoms. The molecule has 0 aromatic heterocycles. The van der Waals surface area contributed by atoms with Crippen molar-refractivity contribution in [2.45, 2.75) is 32.1 Å². The molecule has 4 nitrogen and oxygen atoms in total. The van der Waals surface area contributed by atoms with Crippen LogP contribution in [0.4, 0.5) is 10.1 Å². The predicted octanol–water partition coefficient (Wildman–Crippen LogP) is 4.76. The van der Waals surface area contributed by atoms with Crippen LogP contribution in [-0.4, -0.2) is 27.9 Å². The van der Waals surface area contributed by atoms with Crippen LogP contribution in [-0.2, 0) is 10.5 Å². The van der Waals surface area contributed by atoms with Crippen LogP contribution >= 0.6 is 11.8 Å². The first-order valence-electron chi connectivity index (χ1n) is 9.05. The average Bonchev–Trinajstić information content (AvgIpc) is 3.04. The summed E-state index contributed by atoms with van der Waals surface area (Å²) in [7, 11) is 0. The molecule has 2 heterocycles. The van der Waals surface area contributed by atoms with Gasteiger partial charge in [-0.1, -0.05) is 56.3 Å². The molecule has 6 heteroatoms. The summed E-state index contributed by atoms with van der Waals surface area (Å²) in [5.41, 5.74) is 2.72. The highest BCUT2D eigenvalue weighted by Gasteiger charge is 2.43. The molecule has 4 rings (SSSR count). The van der Waals surface area contributed by atoms with Gasteiger partial charge in [-0.15, -0.1) is 0 Å². The molecule has 0 spiro atoms. The number of hydrogen-bond donors (Lipinski definition) is 0. The molecule has 2 atom stereocenters. The quantitative estimate of drug-likeness (QED) is 0.767. The van der Waals surface area contributed by atoms with E-state index in [1.54, 1.807) is 23.9 Å². The third-order valence-corrected chi connectivity index (χ3v) is 6.03. The lowest BCUT2D eigenvalue weighted by atomic mass is 9.97. The predicted molar refractivity (Wildman–Crippen MR) is 108 cm³/mol. The van der Waals surface area contributed by atoms with E-state index in [2.05, 4.69) is 18.8 Å². The molecule has 2 aromatic rings. The fraction of sp³-hybridized carbons (Fsp3) is 0.286. The number of fused-ring (bicyclic) bond motifs is 3. The summed E-state index contributed by atoms with van der Waals surface area (Å²) in [6.07, 6.45) is 0.882. The van der Waals surface area contributed by atoms with Crippen LogP contribution < -0.4 is 0 Å². The maximum atomic E-state index is 13.2. The van der Waals surface area contributed by atoms with E-state index < -0.39 is 0 Å². The van der Waals surface area contributed by atoms with Crippen molar-refractivity contribution in [3.63, 3.8) is 0 Å². The average molecular weight is 381 g/mol. The Hall–Kier alpha value is -2.47. The zero-order valence-electron chi connectivity index (χ0n) is 15.2. The summed E-state index contributed by atoms with van der Waals surface area (Å²) in [5.74, 6) is 1.15. The number of para-hydroxylation sites is 1. The van der Waals surface area contributed by atoms with Crippen molar-refractivity contribution in [2.24, 2.45) is 15.9 Å². The molecular formula is C21H20FN3OS. The molecule has 138 valence electrons. The monoisotopic (exact) mass is 381 g/mol. The third-order valence-electron chi connectivity index (χ3n) is 5.01. The lowest BCUT2D eigenvalue weighted by Crippen LogP contribution is -2.46. The lowest BCUT2D eigenvalue weighted by molar-refractivity contribution is -0.120. The molecule has 0 radical (unpaired) electrons. The van der Waals surface area contributed by atoms with Crippen LogP contribution in [0.15, 0.2) is 58.5 Å². The van der Waals surface area contributed by atoms with Gasteiger partial charge in [-0.3, -0.25) is 9.69 Å². The van der Waals surface area contributed by atoms with Gasteiger partial charge in [0.25, 0.3) is 5.91 Å². The first-order chi connectivity index (χ1) is 13.1. The molecule has 0 saturated carbocycles. The standard InChI is InChI=1S/C21H20FN3OS/c1-3-13(2)18-20(26)24-19-16-6-4-5-7-17(16)23-21(25(18)19)27-12-14-8-10-15(22)11-9-14/h4-11,13,18H,3,12H2,1-2H3. The summed E-state index contributed by atoms with van der Waals surface area (Å²) in [4.78, 5) is 23.9. The summed E-state index contributed by atoms with van der Waals surface area (Å²) in [5, 5.41) is 0.771. The minimum Gasteiger partial charge on any atom is -0.292 e. The van der Waals surface area contributed by atoms with E-state index >= 15 is 0 Å². The highest BCUT2D eigenvalue weighted by Crippen LogP contribution is 2.37. The molecule has 0 saturated heterocycles. The molecule has 27 heavy (non-hydrogen) atoms.